The van der Waals surface area contributed by atoms with Crippen LogP contribution in [0.2, 0.25) is 0 Å². The van der Waals surface area contributed by atoms with Crippen LogP contribution in [-0.4, -0.2) is 29.7 Å². The summed E-state index contributed by atoms with van der Waals surface area (Å²) in [5.41, 5.74) is 0.594. The predicted molar refractivity (Wildman–Crippen MR) is 67.8 cm³/mol. The van der Waals surface area contributed by atoms with Gasteiger partial charge in [0.2, 0.25) is 5.91 Å². The van der Waals surface area contributed by atoms with Gasteiger partial charge in [0.15, 0.2) is 5.78 Å². The third-order valence-electron chi connectivity index (χ3n) is 2.51. The molecule has 90 valence electrons. The molecule has 1 amide bonds. The van der Waals surface area contributed by atoms with Crippen LogP contribution in [0.3, 0.4) is 0 Å². The number of rotatable bonds is 5. The third-order valence-corrected chi connectivity index (χ3v) is 2.51. The highest BCUT2D eigenvalue weighted by Gasteiger charge is 2.06. The van der Waals surface area contributed by atoms with E-state index in [0.29, 0.717) is 18.7 Å². The molecule has 0 heterocycles. The molecular formula is C14H17NO2. The molecule has 3 nitrogen and oxygen atoms in total. The lowest BCUT2D eigenvalue weighted by molar-refractivity contribution is -0.125. The fraction of sp³-hybridized carbons (Fsp3) is 0.286. The third kappa shape index (κ3) is 3.87. The molecule has 0 aliphatic heterocycles. The van der Waals surface area contributed by atoms with E-state index in [1.165, 1.54) is 12.2 Å². The molecule has 17 heavy (non-hydrogen) atoms. The minimum absolute atomic E-state index is 0.126. The van der Waals surface area contributed by atoms with Crippen molar-refractivity contribution in [2.75, 3.05) is 13.1 Å². The monoisotopic (exact) mass is 231 g/mol. The van der Waals surface area contributed by atoms with Gasteiger partial charge in [-0.1, -0.05) is 30.3 Å². The van der Waals surface area contributed by atoms with E-state index in [0.717, 1.165) is 0 Å². The number of carbonyl (C=O) groups is 2. The largest absolute Gasteiger partial charge is 0.340 e. The Morgan fingerprint density at radius 3 is 2.18 bits per heavy atom. The maximum absolute atomic E-state index is 11.7. The van der Waals surface area contributed by atoms with Crippen molar-refractivity contribution in [3.8, 4) is 0 Å². The molecule has 0 aliphatic carbocycles. The van der Waals surface area contributed by atoms with Crippen LogP contribution in [-0.2, 0) is 4.79 Å². The van der Waals surface area contributed by atoms with Gasteiger partial charge in [-0.25, -0.2) is 0 Å². The number of likely N-dealkylation sites (N-methyl/N-ethyl adjacent to an activating group) is 1. The van der Waals surface area contributed by atoms with Crippen LogP contribution < -0.4 is 0 Å². The van der Waals surface area contributed by atoms with Crippen LogP contribution in [0.4, 0.5) is 0 Å². The molecule has 1 rings (SSSR count). The van der Waals surface area contributed by atoms with Crippen molar-refractivity contribution in [2.24, 2.45) is 0 Å². The molecule has 0 unspecified atom stereocenters. The Labute approximate surface area is 102 Å². The zero-order valence-electron chi connectivity index (χ0n) is 10.2. The SMILES string of the molecule is CCN(CC)C(=O)C=CC(=O)c1ccccc1. The van der Waals surface area contributed by atoms with Gasteiger partial charge in [0.25, 0.3) is 0 Å². The molecule has 0 saturated heterocycles. The Morgan fingerprint density at radius 1 is 1.06 bits per heavy atom. The van der Waals surface area contributed by atoms with Gasteiger partial charge in [0.05, 0.1) is 0 Å². The molecule has 3 heteroatoms. The fourth-order valence-electron chi connectivity index (χ4n) is 1.49. The summed E-state index contributed by atoms with van der Waals surface area (Å²) in [5, 5.41) is 0. The highest BCUT2D eigenvalue weighted by Crippen LogP contribution is 2.01. The van der Waals surface area contributed by atoms with E-state index in [1.54, 1.807) is 29.2 Å². The van der Waals surface area contributed by atoms with Gasteiger partial charge in [0.1, 0.15) is 0 Å². The summed E-state index contributed by atoms with van der Waals surface area (Å²) < 4.78 is 0. The lowest BCUT2D eigenvalue weighted by Gasteiger charge is -2.15. The number of nitrogens with zero attached hydrogens (tertiary/aromatic N) is 1. The number of amides is 1. The summed E-state index contributed by atoms with van der Waals surface area (Å²) in [5.74, 6) is -0.273. The average molecular weight is 231 g/mol. The van der Waals surface area contributed by atoms with Crippen molar-refractivity contribution in [1.82, 2.24) is 4.90 Å². The van der Waals surface area contributed by atoms with Gasteiger partial charge in [-0.05, 0) is 19.9 Å². The summed E-state index contributed by atoms with van der Waals surface area (Å²) in [4.78, 5) is 25.0. The van der Waals surface area contributed by atoms with E-state index in [2.05, 4.69) is 0 Å². The number of carbonyl (C=O) groups excluding carboxylic acids is 2. The first-order chi connectivity index (χ1) is 8.19. The molecule has 1 aromatic rings. The van der Waals surface area contributed by atoms with Crippen molar-refractivity contribution in [3.05, 3.63) is 48.0 Å². The molecule has 0 fully saturated rings. The van der Waals surface area contributed by atoms with Gasteiger partial charge >= 0.3 is 0 Å². The maximum Gasteiger partial charge on any atom is 0.246 e. The zero-order valence-corrected chi connectivity index (χ0v) is 10.2. The second-order valence-corrected chi connectivity index (χ2v) is 3.57. The Kier molecular flexibility index (Phi) is 5.14. The first-order valence-electron chi connectivity index (χ1n) is 5.75. The summed E-state index contributed by atoms with van der Waals surface area (Å²) in [6.45, 7) is 5.13. The van der Waals surface area contributed by atoms with E-state index < -0.39 is 0 Å². The van der Waals surface area contributed by atoms with Crippen molar-refractivity contribution >= 4 is 11.7 Å². The standard InChI is InChI=1S/C14H17NO2/c1-3-15(4-2)14(17)11-10-13(16)12-8-6-5-7-9-12/h5-11H,3-4H2,1-2H3. The van der Waals surface area contributed by atoms with Crippen LogP contribution in [0.15, 0.2) is 42.5 Å². The molecule has 0 atom stereocenters. The topological polar surface area (TPSA) is 37.4 Å². The van der Waals surface area contributed by atoms with Crippen molar-refractivity contribution in [1.29, 1.82) is 0 Å². The number of hydrogen-bond donors (Lipinski definition) is 0. The van der Waals surface area contributed by atoms with E-state index in [1.807, 2.05) is 19.9 Å². The Morgan fingerprint density at radius 2 is 1.65 bits per heavy atom. The summed E-state index contributed by atoms with van der Waals surface area (Å²) in [7, 11) is 0. The first kappa shape index (κ1) is 13.2. The van der Waals surface area contributed by atoms with Gasteiger partial charge in [-0.15, -0.1) is 0 Å². The fourth-order valence-corrected chi connectivity index (χ4v) is 1.49. The van der Waals surface area contributed by atoms with Gasteiger partial charge in [-0.3, -0.25) is 9.59 Å². The molecule has 0 aliphatic rings. The zero-order chi connectivity index (χ0) is 12.7. The lowest BCUT2D eigenvalue weighted by atomic mass is 10.1. The molecule has 0 radical (unpaired) electrons. The van der Waals surface area contributed by atoms with Gasteiger partial charge in [0, 0.05) is 24.7 Å². The molecule has 0 saturated carbocycles. The average Bonchev–Trinajstić information content (AvgIpc) is 2.38. The second-order valence-electron chi connectivity index (χ2n) is 3.57. The van der Waals surface area contributed by atoms with Crippen LogP contribution in [0, 0.1) is 0 Å². The highest BCUT2D eigenvalue weighted by molar-refractivity contribution is 6.07. The van der Waals surface area contributed by atoms with Crippen LogP contribution >= 0.6 is 0 Å². The van der Waals surface area contributed by atoms with Crippen molar-refractivity contribution in [3.63, 3.8) is 0 Å². The first-order valence-corrected chi connectivity index (χ1v) is 5.75. The van der Waals surface area contributed by atoms with Gasteiger partial charge in [-0.2, -0.15) is 0 Å². The molecule has 0 bridgehead atoms. The normalized spacial score (nSPS) is 10.5. The second kappa shape index (κ2) is 6.63. The maximum atomic E-state index is 11.7. The Bertz CT molecular complexity index is 405. The molecular weight excluding hydrogens is 214 g/mol. The molecule has 1 aromatic carbocycles. The lowest BCUT2D eigenvalue weighted by Crippen LogP contribution is -2.28. The van der Waals surface area contributed by atoms with E-state index in [-0.39, 0.29) is 11.7 Å². The minimum atomic E-state index is -0.147. The van der Waals surface area contributed by atoms with Gasteiger partial charge < -0.3 is 4.90 Å². The predicted octanol–water partition coefficient (Wildman–Crippen LogP) is 2.29. The molecule has 0 N–H and O–H groups in total. The Hall–Kier alpha value is -1.90. The molecule has 0 spiro atoms. The number of allylic oxidation sites excluding steroid dienone is 1. The summed E-state index contributed by atoms with van der Waals surface area (Å²) >= 11 is 0. The summed E-state index contributed by atoms with van der Waals surface area (Å²) in [6, 6.07) is 8.91. The Balaban J connectivity index is 2.66. The quantitative estimate of drug-likeness (QED) is 0.576. The minimum Gasteiger partial charge on any atom is -0.340 e. The van der Waals surface area contributed by atoms with Crippen molar-refractivity contribution in [2.45, 2.75) is 13.8 Å². The highest BCUT2D eigenvalue weighted by atomic mass is 16.2. The number of ketones is 1. The summed E-state index contributed by atoms with van der Waals surface area (Å²) in [6.07, 6.45) is 2.66. The van der Waals surface area contributed by atoms with E-state index >= 15 is 0 Å². The number of hydrogen-bond acceptors (Lipinski definition) is 2. The van der Waals surface area contributed by atoms with Crippen LogP contribution in [0.1, 0.15) is 24.2 Å². The van der Waals surface area contributed by atoms with E-state index in [9.17, 15) is 9.59 Å². The number of benzene rings is 1. The van der Waals surface area contributed by atoms with Crippen molar-refractivity contribution < 1.29 is 9.59 Å². The smallest absolute Gasteiger partial charge is 0.246 e. The molecule has 0 aromatic heterocycles. The van der Waals surface area contributed by atoms with E-state index in [4.69, 9.17) is 0 Å². The van der Waals surface area contributed by atoms with Crippen LogP contribution in [0.5, 0.6) is 0 Å². The van der Waals surface area contributed by atoms with Crippen LogP contribution in [0.25, 0.3) is 0 Å².